The van der Waals surface area contributed by atoms with Gasteiger partial charge in [-0.05, 0) is 25.3 Å². The molecule has 0 aliphatic rings. The van der Waals surface area contributed by atoms with Crippen LogP contribution in [0.25, 0.3) is 0 Å². The maximum atomic E-state index is 11.4. The molecule has 96 valence electrons. The predicted molar refractivity (Wildman–Crippen MR) is 64.3 cm³/mol. The van der Waals surface area contributed by atoms with Crippen molar-refractivity contribution >= 4 is 6.03 Å². The summed E-state index contributed by atoms with van der Waals surface area (Å²) in [6.45, 7) is 4.72. The molecule has 6 nitrogen and oxygen atoms in total. The zero-order chi connectivity index (χ0) is 12.7. The molecule has 0 saturated heterocycles. The summed E-state index contributed by atoms with van der Waals surface area (Å²) in [4.78, 5) is 11.4. The number of hydrogen-bond acceptors (Lipinski definition) is 3. The average molecular weight is 240 g/mol. The lowest BCUT2D eigenvalue weighted by atomic mass is 10.1. The van der Waals surface area contributed by atoms with E-state index in [2.05, 4.69) is 20.8 Å². The standard InChI is InChI=1S/C11H20N4O2/c1-8(5-9(2)16)6-12-11(17)13-7-10-3-4-14-15-10/h3-4,8-9,16H,5-7H2,1-2H3,(H,14,15)(H2,12,13,17). The summed E-state index contributed by atoms with van der Waals surface area (Å²) in [5, 5.41) is 21.2. The Bertz CT molecular complexity index is 324. The Hall–Kier alpha value is -1.56. The minimum atomic E-state index is -0.333. The number of amides is 2. The first-order valence-electron chi connectivity index (χ1n) is 5.76. The van der Waals surface area contributed by atoms with Crippen molar-refractivity contribution in [3.63, 3.8) is 0 Å². The highest BCUT2D eigenvalue weighted by molar-refractivity contribution is 5.73. The van der Waals surface area contributed by atoms with Crippen LogP contribution in [0.5, 0.6) is 0 Å². The predicted octanol–water partition coefficient (Wildman–Crippen LogP) is 0.616. The van der Waals surface area contributed by atoms with Gasteiger partial charge in [0.15, 0.2) is 0 Å². The van der Waals surface area contributed by atoms with E-state index < -0.39 is 0 Å². The van der Waals surface area contributed by atoms with Gasteiger partial charge in [-0.1, -0.05) is 6.92 Å². The number of nitrogens with one attached hydrogen (secondary N) is 3. The number of aromatic amines is 1. The van der Waals surface area contributed by atoms with Crippen LogP contribution in [0, 0.1) is 5.92 Å². The monoisotopic (exact) mass is 240 g/mol. The summed E-state index contributed by atoms with van der Waals surface area (Å²) in [6, 6.07) is 1.59. The number of urea groups is 1. The van der Waals surface area contributed by atoms with Crippen molar-refractivity contribution in [2.45, 2.75) is 32.9 Å². The number of carbonyl (C=O) groups is 1. The average Bonchev–Trinajstić information content (AvgIpc) is 2.75. The molecular formula is C11H20N4O2. The third-order valence-electron chi connectivity index (χ3n) is 2.35. The second kappa shape index (κ2) is 6.90. The van der Waals surface area contributed by atoms with Crippen LogP contribution in [-0.4, -0.2) is 34.0 Å². The topological polar surface area (TPSA) is 90.0 Å². The largest absolute Gasteiger partial charge is 0.393 e. The van der Waals surface area contributed by atoms with Gasteiger partial charge in [-0.2, -0.15) is 5.10 Å². The fourth-order valence-electron chi connectivity index (χ4n) is 1.55. The number of aliphatic hydroxyl groups is 1. The van der Waals surface area contributed by atoms with Gasteiger partial charge in [-0.15, -0.1) is 0 Å². The molecule has 17 heavy (non-hydrogen) atoms. The molecule has 0 aliphatic carbocycles. The number of aliphatic hydroxyl groups excluding tert-OH is 1. The fraction of sp³-hybridized carbons (Fsp3) is 0.636. The zero-order valence-electron chi connectivity index (χ0n) is 10.2. The van der Waals surface area contributed by atoms with Crippen molar-refractivity contribution < 1.29 is 9.90 Å². The first kappa shape index (κ1) is 13.5. The van der Waals surface area contributed by atoms with Crippen LogP contribution in [-0.2, 0) is 6.54 Å². The molecule has 0 aliphatic heterocycles. The third-order valence-corrected chi connectivity index (χ3v) is 2.35. The summed E-state index contributed by atoms with van der Waals surface area (Å²) in [7, 11) is 0. The Kier molecular flexibility index (Phi) is 5.48. The molecule has 2 amide bonds. The number of rotatable bonds is 6. The second-order valence-electron chi connectivity index (χ2n) is 4.34. The molecule has 6 heteroatoms. The van der Waals surface area contributed by atoms with Crippen LogP contribution in [0.3, 0.4) is 0 Å². The van der Waals surface area contributed by atoms with Gasteiger partial charge >= 0.3 is 6.03 Å². The van der Waals surface area contributed by atoms with Gasteiger partial charge in [0.25, 0.3) is 0 Å². The fourth-order valence-corrected chi connectivity index (χ4v) is 1.55. The van der Waals surface area contributed by atoms with Crippen molar-refractivity contribution in [1.29, 1.82) is 0 Å². The van der Waals surface area contributed by atoms with Crippen molar-refractivity contribution in [2.24, 2.45) is 5.92 Å². The maximum absolute atomic E-state index is 11.4. The summed E-state index contributed by atoms with van der Waals surface area (Å²) in [5.74, 6) is 0.257. The van der Waals surface area contributed by atoms with Gasteiger partial charge in [-0.25, -0.2) is 4.79 Å². The molecule has 0 saturated carbocycles. The van der Waals surface area contributed by atoms with Crippen molar-refractivity contribution in [3.8, 4) is 0 Å². The smallest absolute Gasteiger partial charge is 0.315 e. The van der Waals surface area contributed by atoms with E-state index in [-0.39, 0.29) is 18.1 Å². The Morgan fingerprint density at radius 2 is 2.29 bits per heavy atom. The molecule has 2 atom stereocenters. The number of hydrogen-bond donors (Lipinski definition) is 4. The summed E-state index contributed by atoms with van der Waals surface area (Å²) >= 11 is 0. The second-order valence-corrected chi connectivity index (χ2v) is 4.34. The van der Waals surface area contributed by atoms with Gasteiger partial charge in [0.05, 0.1) is 18.3 Å². The van der Waals surface area contributed by atoms with E-state index in [1.54, 1.807) is 19.2 Å². The molecule has 0 bridgehead atoms. The van der Waals surface area contributed by atoms with E-state index in [0.29, 0.717) is 19.5 Å². The zero-order valence-corrected chi connectivity index (χ0v) is 10.2. The molecular weight excluding hydrogens is 220 g/mol. The lowest BCUT2D eigenvalue weighted by molar-refractivity contribution is 0.163. The van der Waals surface area contributed by atoms with Crippen molar-refractivity contribution in [1.82, 2.24) is 20.8 Å². The molecule has 0 radical (unpaired) electrons. The maximum Gasteiger partial charge on any atom is 0.315 e. The van der Waals surface area contributed by atoms with E-state index in [9.17, 15) is 9.90 Å². The number of nitrogens with zero attached hydrogens (tertiary/aromatic N) is 1. The minimum absolute atomic E-state index is 0.211. The molecule has 2 unspecified atom stereocenters. The van der Waals surface area contributed by atoms with E-state index in [1.165, 1.54) is 0 Å². The van der Waals surface area contributed by atoms with Gasteiger partial charge in [-0.3, -0.25) is 5.10 Å². The third kappa shape index (κ3) is 5.91. The minimum Gasteiger partial charge on any atom is -0.393 e. The van der Waals surface area contributed by atoms with E-state index >= 15 is 0 Å². The normalized spacial score (nSPS) is 14.1. The van der Waals surface area contributed by atoms with Crippen molar-refractivity contribution in [3.05, 3.63) is 18.0 Å². The van der Waals surface area contributed by atoms with E-state index in [4.69, 9.17) is 0 Å². The molecule has 1 rings (SSSR count). The molecule has 1 heterocycles. The lowest BCUT2D eigenvalue weighted by Gasteiger charge is -2.14. The molecule has 1 aromatic heterocycles. The van der Waals surface area contributed by atoms with E-state index in [0.717, 1.165) is 5.69 Å². The number of carbonyl (C=O) groups excluding carboxylic acids is 1. The highest BCUT2D eigenvalue weighted by Gasteiger charge is 2.08. The summed E-state index contributed by atoms with van der Waals surface area (Å²) < 4.78 is 0. The van der Waals surface area contributed by atoms with Crippen molar-refractivity contribution in [2.75, 3.05) is 6.54 Å². The number of H-pyrrole nitrogens is 1. The lowest BCUT2D eigenvalue weighted by Crippen LogP contribution is -2.37. The highest BCUT2D eigenvalue weighted by atomic mass is 16.3. The van der Waals surface area contributed by atoms with Crippen LogP contribution >= 0.6 is 0 Å². The van der Waals surface area contributed by atoms with Crippen LogP contribution in [0.15, 0.2) is 12.3 Å². The SMILES string of the molecule is CC(O)CC(C)CNC(=O)NCc1ccn[nH]1. The Balaban J connectivity index is 2.13. The summed E-state index contributed by atoms with van der Waals surface area (Å²) in [6.07, 6.45) is 1.99. The highest BCUT2D eigenvalue weighted by Crippen LogP contribution is 2.03. The Labute approximate surface area is 101 Å². The first-order valence-corrected chi connectivity index (χ1v) is 5.76. The first-order chi connectivity index (χ1) is 8.08. The molecule has 1 aromatic rings. The van der Waals surface area contributed by atoms with Crippen LogP contribution in [0.2, 0.25) is 0 Å². The number of aromatic nitrogens is 2. The molecule has 0 fully saturated rings. The quantitative estimate of drug-likeness (QED) is 0.587. The van der Waals surface area contributed by atoms with Gasteiger partial charge < -0.3 is 15.7 Å². The Morgan fingerprint density at radius 1 is 1.53 bits per heavy atom. The van der Waals surface area contributed by atoms with Crippen LogP contribution < -0.4 is 10.6 Å². The van der Waals surface area contributed by atoms with Gasteiger partial charge in [0, 0.05) is 12.7 Å². The molecule has 0 aromatic carbocycles. The van der Waals surface area contributed by atoms with Gasteiger partial charge in [0.2, 0.25) is 0 Å². The van der Waals surface area contributed by atoms with Gasteiger partial charge in [0.1, 0.15) is 0 Å². The van der Waals surface area contributed by atoms with E-state index in [1.807, 2.05) is 6.92 Å². The molecule has 0 spiro atoms. The Morgan fingerprint density at radius 3 is 2.88 bits per heavy atom. The summed E-state index contributed by atoms with van der Waals surface area (Å²) in [5.41, 5.74) is 0.858. The van der Waals surface area contributed by atoms with Crippen LogP contribution in [0.1, 0.15) is 26.0 Å². The van der Waals surface area contributed by atoms with Crippen LogP contribution in [0.4, 0.5) is 4.79 Å². The molecule has 4 N–H and O–H groups in total.